The third-order valence-electron chi connectivity index (χ3n) is 3.23. The standard InChI is InChI=1S/C15H16N2O2/c1-10-2-4-12(17-8-10)7-13(16)11-3-5-14-15(6-11)19-9-18-14/h2-6,8,13H,7,9,16H2,1H3. The molecular formula is C15H16N2O2. The lowest BCUT2D eigenvalue weighted by molar-refractivity contribution is 0.174. The summed E-state index contributed by atoms with van der Waals surface area (Å²) in [6.45, 7) is 2.31. The van der Waals surface area contributed by atoms with Crippen molar-refractivity contribution < 1.29 is 9.47 Å². The van der Waals surface area contributed by atoms with Gasteiger partial charge in [-0.25, -0.2) is 0 Å². The highest BCUT2D eigenvalue weighted by atomic mass is 16.7. The van der Waals surface area contributed by atoms with E-state index in [1.54, 1.807) is 0 Å². The van der Waals surface area contributed by atoms with Crippen LogP contribution in [-0.4, -0.2) is 11.8 Å². The highest BCUT2D eigenvalue weighted by Crippen LogP contribution is 2.34. The number of aryl methyl sites for hydroxylation is 1. The highest BCUT2D eigenvalue weighted by Gasteiger charge is 2.16. The van der Waals surface area contributed by atoms with Gasteiger partial charge >= 0.3 is 0 Å². The van der Waals surface area contributed by atoms with Crippen LogP contribution in [0.25, 0.3) is 0 Å². The van der Waals surface area contributed by atoms with Gasteiger partial charge in [-0.15, -0.1) is 0 Å². The Bertz CT molecular complexity index is 581. The molecule has 0 amide bonds. The summed E-state index contributed by atoms with van der Waals surface area (Å²) in [7, 11) is 0. The Morgan fingerprint density at radius 2 is 2.05 bits per heavy atom. The molecule has 3 rings (SSSR count). The van der Waals surface area contributed by atoms with Crippen molar-refractivity contribution in [3.8, 4) is 11.5 Å². The molecule has 4 heteroatoms. The average Bonchev–Trinajstić information content (AvgIpc) is 2.88. The van der Waals surface area contributed by atoms with Gasteiger partial charge in [0, 0.05) is 24.4 Å². The molecule has 1 aromatic heterocycles. The summed E-state index contributed by atoms with van der Waals surface area (Å²) in [6, 6.07) is 9.80. The van der Waals surface area contributed by atoms with E-state index in [1.165, 1.54) is 0 Å². The van der Waals surface area contributed by atoms with Crippen LogP contribution < -0.4 is 15.2 Å². The smallest absolute Gasteiger partial charge is 0.231 e. The predicted molar refractivity (Wildman–Crippen MR) is 72.2 cm³/mol. The van der Waals surface area contributed by atoms with Gasteiger partial charge in [0.05, 0.1) is 0 Å². The largest absolute Gasteiger partial charge is 0.454 e. The number of ether oxygens (including phenoxy) is 2. The SMILES string of the molecule is Cc1ccc(CC(N)c2ccc3c(c2)OCO3)nc1. The highest BCUT2D eigenvalue weighted by molar-refractivity contribution is 5.45. The van der Waals surface area contributed by atoms with Crippen molar-refractivity contribution in [1.29, 1.82) is 0 Å². The van der Waals surface area contributed by atoms with Gasteiger partial charge in [0.1, 0.15) is 0 Å². The molecule has 2 N–H and O–H groups in total. The number of hydrogen-bond donors (Lipinski definition) is 1. The van der Waals surface area contributed by atoms with Crippen molar-refractivity contribution in [2.75, 3.05) is 6.79 Å². The molecule has 2 heterocycles. The molecule has 0 bridgehead atoms. The Balaban J connectivity index is 1.76. The monoisotopic (exact) mass is 256 g/mol. The number of pyridine rings is 1. The number of benzene rings is 1. The molecular weight excluding hydrogens is 240 g/mol. The fourth-order valence-corrected chi connectivity index (χ4v) is 2.11. The second-order valence-electron chi connectivity index (χ2n) is 4.75. The van der Waals surface area contributed by atoms with E-state index in [1.807, 2.05) is 37.4 Å². The number of aromatic nitrogens is 1. The molecule has 1 aliphatic heterocycles. The first kappa shape index (κ1) is 12.0. The topological polar surface area (TPSA) is 57.4 Å². The summed E-state index contributed by atoms with van der Waals surface area (Å²) in [5.74, 6) is 1.55. The zero-order chi connectivity index (χ0) is 13.2. The van der Waals surface area contributed by atoms with Crippen LogP contribution in [-0.2, 0) is 6.42 Å². The van der Waals surface area contributed by atoms with Crippen LogP contribution in [0.1, 0.15) is 22.9 Å². The van der Waals surface area contributed by atoms with E-state index in [4.69, 9.17) is 15.2 Å². The summed E-state index contributed by atoms with van der Waals surface area (Å²) in [5, 5.41) is 0. The van der Waals surface area contributed by atoms with Gasteiger partial charge in [-0.3, -0.25) is 4.98 Å². The molecule has 1 unspecified atom stereocenters. The van der Waals surface area contributed by atoms with E-state index in [2.05, 4.69) is 11.1 Å². The minimum Gasteiger partial charge on any atom is -0.454 e. The number of hydrogen-bond acceptors (Lipinski definition) is 4. The van der Waals surface area contributed by atoms with Crippen molar-refractivity contribution in [3.05, 3.63) is 53.3 Å². The Labute approximate surface area is 112 Å². The number of rotatable bonds is 3. The Morgan fingerprint density at radius 3 is 2.84 bits per heavy atom. The van der Waals surface area contributed by atoms with E-state index >= 15 is 0 Å². The van der Waals surface area contributed by atoms with Gasteiger partial charge in [0.25, 0.3) is 0 Å². The van der Waals surface area contributed by atoms with Gasteiger partial charge in [-0.2, -0.15) is 0 Å². The molecule has 0 saturated carbocycles. The zero-order valence-corrected chi connectivity index (χ0v) is 10.8. The molecule has 4 nitrogen and oxygen atoms in total. The maximum atomic E-state index is 6.22. The van der Waals surface area contributed by atoms with E-state index < -0.39 is 0 Å². The Morgan fingerprint density at radius 1 is 1.21 bits per heavy atom. The van der Waals surface area contributed by atoms with Gasteiger partial charge in [0.15, 0.2) is 11.5 Å². The van der Waals surface area contributed by atoms with Crippen LogP contribution in [0.3, 0.4) is 0 Å². The van der Waals surface area contributed by atoms with Crippen molar-refractivity contribution in [1.82, 2.24) is 4.98 Å². The first-order chi connectivity index (χ1) is 9.22. The molecule has 19 heavy (non-hydrogen) atoms. The summed E-state index contributed by atoms with van der Waals surface area (Å²) < 4.78 is 10.7. The van der Waals surface area contributed by atoms with Crippen LogP contribution in [0, 0.1) is 6.92 Å². The van der Waals surface area contributed by atoms with E-state index in [-0.39, 0.29) is 12.8 Å². The molecule has 0 saturated heterocycles. The number of nitrogens with two attached hydrogens (primary N) is 1. The second kappa shape index (κ2) is 4.90. The van der Waals surface area contributed by atoms with Crippen molar-refractivity contribution in [2.45, 2.75) is 19.4 Å². The third-order valence-corrected chi connectivity index (χ3v) is 3.23. The van der Waals surface area contributed by atoms with Crippen LogP contribution >= 0.6 is 0 Å². The lowest BCUT2D eigenvalue weighted by atomic mass is 10.0. The van der Waals surface area contributed by atoms with Crippen LogP contribution in [0.5, 0.6) is 11.5 Å². The van der Waals surface area contributed by atoms with Crippen molar-refractivity contribution in [3.63, 3.8) is 0 Å². The quantitative estimate of drug-likeness (QED) is 0.916. The van der Waals surface area contributed by atoms with Gasteiger partial charge < -0.3 is 15.2 Å². The van der Waals surface area contributed by atoms with Gasteiger partial charge in [-0.05, 0) is 36.2 Å². The summed E-state index contributed by atoms with van der Waals surface area (Å²) in [5.41, 5.74) is 9.41. The third kappa shape index (κ3) is 2.53. The number of nitrogens with zero attached hydrogens (tertiary/aromatic N) is 1. The van der Waals surface area contributed by atoms with Crippen LogP contribution in [0.15, 0.2) is 36.5 Å². The molecule has 2 aromatic rings. The minimum atomic E-state index is -0.0929. The summed E-state index contributed by atoms with van der Waals surface area (Å²) in [4.78, 5) is 4.38. The maximum absolute atomic E-state index is 6.22. The lowest BCUT2D eigenvalue weighted by Crippen LogP contribution is -2.14. The zero-order valence-electron chi connectivity index (χ0n) is 10.8. The molecule has 0 radical (unpaired) electrons. The first-order valence-corrected chi connectivity index (χ1v) is 6.29. The first-order valence-electron chi connectivity index (χ1n) is 6.29. The van der Waals surface area contributed by atoms with Crippen molar-refractivity contribution in [2.24, 2.45) is 5.73 Å². The minimum absolute atomic E-state index is 0.0929. The summed E-state index contributed by atoms with van der Waals surface area (Å²) >= 11 is 0. The molecule has 1 aliphatic rings. The van der Waals surface area contributed by atoms with E-state index in [0.717, 1.165) is 28.3 Å². The van der Waals surface area contributed by atoms with Crippen molar-refractivity contribution >= 4 is 0 Å². The number of fused-ring (bicyclic) bond motifs is 1. The molecule has 0 spiro atoms. The maximum Gasteiger partial charge on any atom is 0.231 e. The van der Waals surface area contributed by atoms with Gasteiger partial charge in [0.2, 0.25) is 6.79 Å². The molecule has 1 aromatic carbocycles. The fourth-order valence-electron chi connectivity index (χ4n) is 2.11. The molecule has 0 fully saturated rings. The summed E-state index contributed by atoms with van der Waals surface area (Å²) in [6.07, 6.45) is 2.57. The molecule has 98 valence electrons. The predicted octanol–water partition coefficient (Wildman–Crippen LogP) is 2.36. The fraction of sp³-hybridized carbons (Fsp3) is 0.267. The Hall–Kier alpha value is -2.07. The lowest BCUT2D eigenvalue weighted by Gasteiger charge is -2.12. The van der Waals surface area contributed by atoms with Crippen LogP contribution in [0.2, 0.25) is 0 Å². The average molecular weight is 256 g/mol. The van der Waals surface area contributed by atoms with Gasteiger partial charge in [-0.1, -0.05) is 12.1 Å². The van der Waals surface area contributed by atoms with E-state index in [9.17, 15) is 0 Å². The second-order valence-corrected chi connectivity index (χ2v) is 4.75. The van der Waals surface area contributed by atoms with Crippen LogP contribution in [0.4, 0.5) is 0 Å². The molecule has 1 atom stereocenters. The Kier molecular flexibility index (Phi) is 3.09. The van der Waals surface area contributed by atoms with E-state index in [0.29, 0.717) is 6.42 Å². The molecule has 0 aliphatic carbocycles. The normalized spacial score (nSPS) is 14.4.